The molecule has 2 heteroatoms. The summed E-state index contributed by atoms with van der Waals surface area (Å²) in [6, 6.07) is 0.564. The maximum Gasteiger partial charge on any atom is 0.0618 e. The maximum atomic E-state index is 5.25. The highest BCUT2D eigenvalue weighted by atomic mass is 16.5. The average Bonchev–Trinajstić information content (AvgIpc) is 2.26. The van der Waals surface area contributed by atoms with Crippen LogP contribution in [0, 0.1) is 11.8 Å². The topological polar surface area (TPSA) is 21.3 Å². The van der Waals surface area contributed by atoms with Gasteiger partial charge in [0.05, 0.1) is 6.61 Å². The van der Waals surface area contributed by atoms with Crippen LogP contribution in [0.2, 0.25) is 0 Å². The molecule has 1 saturated carbocycles. The first kappa shape index (κ1) is 12.0. The van der Waals surface area contributed by atoms with Gasteiger partial charge in [0.1, 0.15) is 0 Å². The van der Waals surface area contributed by atoms with Crippen molar-refractivity contribution in [3.63, 3.8) is 0 Å². The molecule has 0 spiro atoms. The fourth-order valence-corrected chi connectivity index (χ4v) is 2.70. The van der Waals surface area contributed by atoms with Crippen LogP contribution in [0.1, 0.15) is 39.0 Å². The fraction of sp³-hybridized carbons (Fsp3) is 1.00. The summed E-state index contributed by atoms with van der Waals surface area (Å²) in [5.41, 5.74) is 0. The second kappa shape index (κ2) is 6.41. The Labute approximate surface area is 88.4 Å². The minimum absolute atomic E-state index is 0.564. The summed E-state index contributed by atoms with van der Waals surface area (Å²) in [7, 11) is 3.85. The van der Waals surface area contributed by atoms with Crippen LogP contribution in [0.3, 0.4) is 0 Å². The van der Waals surface area contributed by atoms with Crippen LogP contribution in [0.5, 0.6) is 0 Å². The maximum absolute atomic E-state index is 5.25. The predicted octanol–water partition coefficient (Wildman–Crippen LogP) is 2.44. The number of rotatable bonds is 5. The molecule has 1 aliphatic carbocycles. The first-order valence-electron chi connectivity index (χ1n) is 5.98. The van der Waals surface area contributed by atoms with E-state index in [0.717, 1.165) is 18.4 Å². The molecular weight excluding hydrogens is 174 g/mol. The van der Waals surface area contributed by atoms with E-state index >= 15 is 0 Å². The number of nitrogens with one attached hydrogen (secondary N) is 1. The van der Waals surface area contributed by atoms with Crippen molar-refractivity contribution in [2.75, 3.05) is 20.8 Å². The lowest BCUT2D eigenvalue weighted by Crippen LogP contribution is -2.39. The third-order valence-electron chi connectivity index (χ3n) is 3.69. The molecule has 2 nitrogen and oxygen atoms in total. The van der Waals surface area contributed by atoms with Crippen molar-refractivity contribution in [1.82, 2.24) is 5.32 Å². The van der Waals surface area contributed by atoms with Crippen molar-refractivity contribution in [2.45, 2.75) is 45.1 Å². The van der Waals surface area contributed by atoms with Crippen LogP contribution in [-0.2, 0) is 4.74 Å². The van der Waals surface area contributed by atoms with Gasteiger partial charge in [-0.3, -0.25) is 0 Å². The van der Waals surface area contributed by atoms with E-state index in [2.05, 4.69) is 19.3 Å². The zero-order valence-corrected chi connectivity index (χ0v) is 9.88. The summed E-state index contributed by atoms with van der Waals surface area (Å²) in [6.45, 7) is 3.18. The standard InChI is InChI=1S/C12H25NO/c1-4-10-6-5-7-11(8-10)12(13-2)9-14-3/h10-13H,4-9H2,1-3H3. The zero-order valence-electron chi connectivity index (χ0n) is 9.88. The third kappa shape index (κ3) is 3.25. The largest absolute Gasteiger partial charge is 0.383 e. The second-order valence-corrected chi connectivity index (χ2v) is 4.55. The Balaban J connectivity index is 2.40. The van der Waals surface area contributed by atoms with Gasteiger partial charge in [0, 0.05) is 13.2 Å². The van der Waals surface area contributed by atoms with Gasteiger partial charge in [0.2, 0.25) is 0 Å². The summed E-state index contributed by atoms with van der Waals surface area (Å²) in [6.07, 6.45) is 6.97. The SMILES string of the molecule is CCC1CCCC(C(COC)NC)C1. The van der Waals surface area contributed by atoms with Gasteiger partial charge in [-0.15, -0.1) is 0 Å². The van der Waals surface area contributed by atoms with E-state index in [0.29, 0.717) is 6.04 Å². The van der Waals surface area contributed by atoms with Crippen LogP contribution in [0.25, 0.3) is 0 Å². The second-order valence-electron chi connectivity index (χ2n) is 4.55. The van der Waals surface area contributed by atoms with E-state index in [-0.39, 0.29) is 0 Å². The Hall–Kier alpha value is -0.0800. The number of methoxy groups -OCH3 is 1. The molecule has 3 atom stereocenters. The first-order chi connectivity index (χ1) is 6.81. The van der Waals surface area contributed by atoms with E-state index in [1.54, 1.807) is 7.11 Å². The molecule has 14 heavy (non-hydrogen) atoms. The Bertz CT molecular complexity index is 149. The Morgan fingerprint density at radius 2 is 2.21 bits per heavy atom. The smallest absolute Gasteiger partial charge is 0.0618 e. The van der Waals surface area contributed by atoms with Crippen LogP contribution >= 0.6 is 0 Å². The lowest BCUT2D eigenvalue weighted by molar-refractivity contribution is 0.116. The predicted molar refractivity (Wildman–Crippen MR) is 60.5 cm³/mol. The van der Waals surface area contributed by atoms with Gasteiger partial charge < -0.3 is 10.1 Å². The third-order valence-corrected chi connectivity index (χ3v) is 3.69. The molecule has 0 amide bonds. The van der Waals surface area contributed by atoms with Gasteiger partial charge >= 0.3 is 0 Å². The Morgan fingerprint density at radius 3 is 2.79 bits per heavy atom. The van der Waals surface area contributed by atoms with Crippen molar-refractivity contribution in [3.8, 4) is 0 Å². The molecule has 1 aliphatic rings. The summed E-state index contributed by atoms with van der Waals surface area (Å²) in [5.74, 6) is 1.79. The number of ether oxygens (including phenoxy) is 1. The molecule has 0 aromatic carbocycles. The normalized spacial score (nSPS) is 30.2. The van der Waals surface area contributed by atoms with Gasteiger partial charge in [0.15, 0.2) is 0 Å². The van der Waals surface area contributed by atoms with Crippen molar-refractivity contribution in [1.29, 1.82) is 0 Å². The van der Waals surface area contributed by atoms with E-state index in [1.165, 1.54) is 32.1 Å². The van der Waals surface area contributed by atoms with Gasteiger partial charge in [-0.25, -0.2) is 0 Å². The van der Waals surface area contributed by atoms with Crippen LogP contribution < -0.4 is 5.32 Å². The summed E-state index contributed by atoms with van der Waals surface area (Å²) < 4.78 is 5.25. The Morgan fingerprint density at radius 1 is 1.43 bits per heavy atom. The minimum Gasteiger partial charge on any atom is -0.383 e. The van der Waals surface area contributed by atoms with Crippen molar-refractivity contribution < 1.29 is 4.74 Å². The summed E-state index contributed by atoms with van der Waals surface area (Å²) in [5, 5.41) is 3.39. The average molecular weight is 199 g/mol. The molecule has 3 unspecified atom stereocenters. The molecule has 0 bridgehead atoms. The zero-order chi connectivity index (χ0) is 10.4. The molecule has 0 radical (unpaired) electrons. The van der Waals surface area contributed by atoms with E-state index in [1.807, 2.05) is 0 Å². The molecule has 0 aromatic rings. The van der Waals surface area contributed by atoms with Gasteiger partial charge in [0.25, 0.3) is 0 Å². The first-order valence-corrected chi connectivity index (χ1v) is 5.98. The summed E-state index contributed by atoms with van der Waals surface area (Å²) in [4.78, 5) is 0. The van der Waals surface area contributed by atoms with Crippen molar-refractivity contribution >= 4 is 0 Å². The molecular formula is C12H25NO. The van der Waals surface area contributed by atoms with Crippen LogP contribution in [-0.4, -0.2) is 26.8 Å². The minimum atomic E-state index is 0.564. The summed E-state index contributed by atoms with van der Waals surface area (Å²) >= 11 is 0. The van der Waals surface area contributed by atoms with Gasteiger partial charge in [-0.2, -0.15) is 0 Å². The number of hydrogen-bond donors (Lipinski definition) is 1. The lowest BCUT2D eigenvalue weighted by Gasteiger charge is -2.33. The van der Waals surface area contributed by atoms with E-state index in [4.69, 9.17) is 4.74 Å². The molecule has 1 N–H and O–H groups in total. The van der Waals surface area contributed by atoms with Gasteiger partial charge in [-0.05, 0) is 31.7 Å². The number of likely N-dealkylation sites (N-methyl/N-ethyl adjacent to an activating group) is 1. The highest BCUT2D eigenvalue weighted by molar-refractivity contribution is 4.81. The molecule has 1 rings (SSSR count). The monoisotopic (exact) mass is 199 g/mol. The lowest BCUT2D eigenvalue weighted by atomic mass is 9.77. The highest BCUT2D eigenvalue weighted by Crippen LogP contribution is 2.32. The molecule has 0 aliphatic heterocycles. The molecule has 84 valence electrons. The van der Waals surface area contributed by atoms with E-state index in [9.17, 15) is 0 Å². The number of hydrogen-bond acceptors (Lipinski definition) is 2. The fourth-order valence-electron chi connectivity index (χ4n) is 2.70. The van der Waals surface area contributed by atoms with E-state index < -0.39 is 0 Å². The molecule has 1 fully saturated rings. The molecule has 0 aromatic heterocycles. The van der Waals surface area contributed by atoms with Crippen LogP contribution in [0.15, 0.2) is 0 Å². The van der Waals surface area contributed by atoms with Crippen LogP contribution in [0.4, 0.5) is 0 Å². The molecule has 0 heterocycles. The highest BCUT2D eigenvalue weighted by Gasteiger charge is 2.26. The van der Waals surface area contributed by atoms with Gasteiger partial charge in [-0.1, -0.05) is 26.2 Å². The van der Waals surface area contributed by atoms with Crippen molar-refractivity contribution in [2.24, 2.45) is 11.8 Å². The van der Waals surface area contributed by atoms with Crippen molar-refractivity contribution in [3.05, 3.63) is 0 Å². The quantitative estimate of drug-likeness (QED) is 0.734. The Kier molecular flexibility index (Phi) is 5.49. The molecule has 0 saturated heterocycles.